The van der Waals surface area contributed by atoms with Crippen molar-refractivity contribution >= 4 is 5.91 Å². The monoisotopic (exact) mass is 365 g/mol. The highest BCUT2D eigenvalue weighted by atomic mass is 16.3. The van der Waals surface area contributed by atoms with Crippen LogP contribution in [0.1, 0.15) is 37.3 Å². The molecule has 2 aromatic carbocycles. The fraction of sp³-hybridized carbons (Fsp3) is 0.391. The average molecular weight is 365 g/mol. The second-order valence-electron chi connectivity index (χ2n) is 7.17. The first kappa shape index (κ1) is 19.6. The van der Waals surface area contributed by atoms with E-state index in [1.54, 1.807) is 0 Å². The number of nitrogens with zero attached hydrogens (tertiary/aromatic N) is 1. The molecule has 1 radical (unpaired) electrons. The zero-order valence-corrected chi connectivity index (χ0v) is 15.9. The topological polar surface area (TPSA) is 52.6 Å². The Morgan fingerprint density at radius 2 is 1.70 bits per heavy atom. The van der Waals surface area contributed by atoms with Crippen molar-refractivity contribution in [2.45, 2.75) is 57.5 Å². The molecule has 27 heavy (non-hydrogen) atoms. The number of hydrogen-bond donors (Lipinski definition) is 2. The van der Waals surface area contributed by atoms with E-state index >= 15 is 0 Å². The maximum absolute atomic E-state index is 13.0. The van der Waals surface area contributed by atoms with Gasteiger partial charge in [0.1, 0.15) is 6.04 Å². The van der Waals surface area contributed by atoms with Crippen molar-refractivity contribution in [1.29, 1.82) is 0 Å². The summed E-state index contributed by atoms with van der Waals surface area (Å²) in [4.78, 5) is 14.9. The maximum atomic E-state index is 13.0. The zero-order chi connectivity index (χ0) is 19.1. The van der Waals surface area contributed by atoms with Gasteiger partial charge in [0.15, 0.2) is 0 Å². The molecule has 0 bridgehead atoms. The minimum atomic E-state index is -0.803. The third kappa shape index (κ3) is 5.18. The first-order valence-electron chi connectivity index (χ1n) is 9.85. The van der Waals surface area contributed by atoms with E-state index in [-0.39, 0.29) is 12.1 Å². The summed E-state index contributed by atoms with van der Waals surface area (Å²) < 4.78 is 0. The molecule has 1 saturated heterocycles. The van der Waals surface area contributed by atoms with Gasteiger partial charge in [-0.1, -0.05) is 80.4 Å². The standard InChI is InChI=1S/C23H29N2O2/c1-2-3-14-21-24-22(20(26)16-15-18-10-6-4-7-11-18)23(27)25(21)17-19-12-8-5-9-13-19/h4-13,16,20-22,24,26H,2-3,14-15,17H2,1H3/t20-,21?,22+/m1/s1. The molecule has 2 aromatic rings. The van der Waals surface area contributed by atoms with E-state index in [9.17, 15) is 9.90 Å². The quantitative estimate of drug-likeness (QED) is 0.717. The number of amides is 1. The van der Waals surface area contributed by atoms with Gasteiger partial charge in [0.2, 0.25) is 5.91 Å². The molecular weight excluding hydrogens is 336 g/mol. The Balaban J connectivity index is 1.65. The molecule has 1 heterocycles. The van der Waals surface area contributed by atoms with Gasteiger partial charge in [0.05, 0.1) is 12.3 Å². The number of nitrogens with one attached hydrogen (secondary N) is 1. The lowest BCUT2D eigenvalue weighted by Gasteiger charge is -2.24. The molecular formula is C23H29N2O2. The number of carbonyl (C=O) groups excluding carboxylic acids is 1. The van der Waals surface area contributed by atoms with E-state index in [0.29, 0.717) is 13.0 Å². The number of carbonyl (C=O) groups is 1. The Labute approximate surface area is 162 Å². The highest BCUT2D eigenvalue weighted by Crippen LogP contribution is 2.22. The molecule has 0 aromatic heterocycles. The molecule has 0 aliphatic carbocycles. The van der Waals surface area contributed by atoms with Crippen molar-refractivity contribution in [3.63, 3.8) is 0 Å². The average Bonchev–Trinajstić information content (AvgIpc) is 3.02. The molecule has 1 fully saturated rings. The zero-order valence-electron chi connectivity index (χ0n) is 15.9. The molecule has 3 rings (SSSR count). The number of rotatable bonds is 9. The number of unbranched alkanes of at least 4 members (excludes halogenated alkanes) is 1. The summed E-state index contributed by atoms with van der Waals surface area (Å²) in [6.07, 6.45) is 4.67. The van der Waals surface area contributed by atoms with Crippen LogP contribution < -0.4 is 5.32 Å². The highest BCUT2D eigenvalue weighted by molar-refractivity contribution is 5.85. The van der Waals surface area contributed by atoms with E-state index in [1.165, 1.54) is 0 Å². The van der Waals surface area contributed by atoms with Crippen LogP contribution in [0.15, 0.2) is 60.7 Å². The summed E-state index contributed by atoms with van der Waals surface area (Å²) in [6, 6.07) is 19.5. The Kier molecular flexibility index (Phi) is 7.02. The van der Waals surface area contributed by atoms with Crippen LogP contribution in [0.25, 0.3) is 0 Å². The van der Waals surface area contributed by atoms with Crippen LogP contribution in [0, 0.1) is 6.42 Å². The smallest absolute Gasteiger partial charge is 0.244 e. The first-order chi connectivity index (χ1) is 13.2. The van der Waals surface area contributed by atoms with Gasteiger partial charge in [0.25, 0.3) is 0 Å². The fourth-order valence-corrected chi connectivity index (χ4v) is 3.56. The summed E-state index contributed by atoms with van der Waals surface area (Å²) in [5, 5.41) is 14.0. The van der Waals surface area contributed by atoms with Crippen molar-refractivity contribution in [2.24, 2.45) is 0 Å². The van der Waals surface area contributed by atoms with Crippen LogP contribution >= 0.6 is 0 Å². The van der Waals surface area contributed by atoms with Gasteiger partial charge in [0, 0.05) is 6.54 Å². The van der Waals surface area contributed by atoms with Crippen molar-refractivity contribution < 1.29 is 9.90 Å². The summed E-state index contributed by atoms with van der Waals surface area (Å²) in [6.45, 7) is 2.72. The Morgan fingerprint density at radius 3 is 2.33 bits per heavy atom. The molecule has 1 amide bonds. The number of aliphatic hydroxyl groups excluding tert-OH is 1. The SMILES string of the molecule is CCCCC1N[C@@H]([C@H](O)[CH]Cc2ccccc2)C(=O)N1Cc1ccccc1. The predicted octanol–water partition coefficient (Wildman–Crippen LogP) is 3.31. The van der Waals surface area contributed by atoms with Crippen molar-refractivity contribution in [2.75, 3.05) is 0 Å². The minimum Gasteiger partial charge on any atom is -0.391 e. The molecule has 4 heteroatoms. The second-order valence-corrected chi connectivity index (χ2v) is 7.17. The van der Waals surface area contributed by atoms with E-state index < -0.39 is 12.1 Å². The van der Waals surface area contributed by atoms with Gasteiger partial charge in [-0.2, -0.15) is 0 Å². The fourth-order valence-electron chi connectivity index (χ4n) is 3.56. The van der Waals surface area contributed by atoms with Crippen molar-refractivity contribution in [3.8, 4) is 0 Å². The van der Waals surface area contributed by atoms with Crippen LogP contribution in [-0.2, 0) is 17.8 Å². The summed E-state index contributed by atoms with van der Waals surface area (Å²) in [5.41, 5.74) is 2.24. The first-order valence-corrected chi connectivity index (χ1v) is 9.85. The van der Waals surface area contributed by atoms with E-state index in [2.05, 4.69) is 12.2 Å². The summed E-state index contributed by atoms with van der Waals surface area (Å²) >= 11 is 0. The second kappa shape index (κ2) is 9.67. The Morgan fingerprint density at radius 1 is 1.07 bits per heavy atom. The van der Waals surface area contributed by atoms with Gasteiger partial charge in [-0.3, -0.25) is 10.1 Å². The van der Waals surface area contributed by atoms with Crippen LogP contribution in [0.4, 0.5) is 0 Å². The lowest BCUT2D eigenvalue weighted by Crippen LogP contribution is -2.42. The van der Waals surface area contributed by atoms with Crippen molar-refractivity contribution in [1.82, 2.24) is 10.2 Å². The molecule has 1 aliphatic rings. The highest BCUT2D eigenvalue weighted by Gasteiger charge is 2.41. The molecule has 0 spiro atoms. The summed E-state index contributed by atoms with van der Waals surface area (Å²) in [7, 11) is 0. The van der Waals surface area contributed by atoms with Crippen LogP contribution in [0.2, 0.25) is 0 Å². The van der Waals surface area contributed by atoms with Crippen LogP contribution in [0.5, 0.6) is 0 Å². The normalized spacial score (nSPS) is 20.8. The molecule has 143 valence electrons. The van der Waals surface area contributed by atoms with E-state index in [1.807, 2.05) is 72.0 Å². The number of hydrogen-bond acceptors (Lipinski definition) is 3. The predicted molar refractivity (Wildman–Crippen MR) is 108 cm³/mol. The van der Waals surface area contributed by atoms with Gasteiger partial charge in [-0.05, 0) is 30.4 Å². The lowest BCUT2D eigenvalue weighted by molar-refractivity contribution is -0.132. The van der Waals surface area contributed by atoms with Gasteiger partial charge < -0.3 is 10.0 Å². The van der Waals surface area contributed by atoms with Crippen LogP contribution in [-0.4, -0.2) is 34.2 Å². The van der Waals surface area contributed by atoms with Gasteiger partial charge >= 0.3 is 0 Å². The molecule has 0 saturated carbocycles. The number of aliphatic hydroxyl groups is 1. The molecule has 4 nitrogen and oxygen atoms in total. The summed E-state index contributed by atoms with van der Waals surface area (Å²) in [5.74, 6) is -0.0169. The van der Waals surface area contributed by atoms with E-state index in [0.717, 1.165) is 30.4 Å². The van der Waals surface area contributed by atoms with E-state index in [4.69, 9.17) is 0 Å². The molecule has 1 unspecified atom stereocenters. The van der Waals surface area contributed by atoms with Gasteiger partial charge in [-0.15, -0.1) is 0 Å². The Bertz CT molecular complexity index is 705. The number of benzene rings is 2. The van der Waals surface area contributed by atoms with Crippen LogP contribution in [0.3, 0.4) is 0 Å². The molecule has 3 atom stereocenters. The third-order valence-corrected chi connectivity index (χ3v) is 5.10. The Hall–Kier alpha value is -2.17. The maximum Gasteiger partial charge on any atom is 0.244 e. The molecule has 2 N–H and O–H groups in total. The van der Waals surface area contributed by atoms with Crippen molar-refractivity contribution in [3.05, 3.63) is 78.2 Å². The largest absolute Gasteiger partial charge is 0.391 e. The molecule has 1 aliphatic heterocycles. The minimum absolute atomic E-state index is 0.0169. The van der Waals surface area contributed by atoms with Gasteiger partial charge in [-0.25, -0.2) is 0 Å². The lowest BCUT2D eigenvalue weighted by atomic mass is 10.0. The third-order valence-electron chi connectivity index (χ3n) is 5.10.